The van der Waals surface area contributed by atoms with Crippen molar-refractivity contribution in [1.29, 1.82) is 0 Å². The zero-order valence-corrected chi connectivity index (χ0v) is 9.79. The first kappa shape index (κ1) is 12.7. The molecule has 4 N–H and O–H groups in total. The lowest BCUT2D eigenvalue weighted by Gasteiger charge is -2.06. The lowest BCUT2D eigenvalue weighted by molar-refractivity contribution is 0.584. The summed E-state index contributed by atoms with van der Waals surface area (Å²) in [7, 11) is -3.20. The van der Waals surface area contributed by atoms with Gasteiger partial charge in [-0.3, -0.25) is 0 Å². The first-order chi connectivity index (χ1) is 7.53. The van der Waals surface area contributed by atoms with Crippen molar-refractivity contribution in [3.8, 4) is 0 Å². The molecule has 0 fully saturated rings. The van der Waals surface area contributed by atoms with E-state index in [0.29, 0.717) is 18.2 Å². The van der Waals surface area contributed by atoms with Crippen LogP contribution in [0.2, 0.25) is 0 Å². The van der Waals surface area contributed by atoms with E-state index in [0.717, 1.165) is 0 Å². The summed E-state index contributed by atoms with van der Waals surface area (Å²) in [5.74, 6) is 0.844. The minimum absolute atomic E-state index is 0.00918. The summed E-state index contributed by atoms with van der Waals surface area (Å²) in [6, 6.07) is 1.54. The van der Waals surface area contributed by atoms with Gasteiger partial charge in [0.2, 0.25) is 10.0 Å². The lowest BCUT2D eigenvalue weighted by atomic mass is 10.5. The van der Waals surface area contributed by atoms with Gasteiger partial charge in [0.1, 0.15) is 18.0 Å². The van der Waals surface area contributed by atoms with E-state index in [4.69, 9.17) is 5.73 Å². The van der Waals surface area contributed by atoms with Crippen molar-refractivity contribution in [2.24, 2.45) is 0 Å². The Hall–Kier alpha value is -1.41. The van der Waals surface area contributed by atoms with Gasteiger partial charge in [0.05, 0.1) is 5.75 Å². The van der Waals surface area contributed by atoms with E-state index in [1.165, 1.54) is 6.33 Å². The summed E-state index contributed by atoms with van der Waals surface area (Å²) < 4.78 is 25.0. The van der Waals surface area contributed by atoms with Crippen LogP contribution >= 0.6 is 0 Å². The highest BCUT2D eigenvalue weighted by molar-refractivity contribution is 7.89. The molecule has 0 spiro atoms. The average Bonchev–Trinajstić information content (AvgIpc) is 2.17. The molecule has 0 bridgehead atoms. The maximum absolute atomic E-state index is 11.3. The number of hydrogen-bond acceptors (Lipinski definition) is 6. The van der Waals surface area contributed by atoms with Crippen LogP contribution in [0.15, 0.2) is 12.4 Å². The topological polar surface area (TPSA) is 110 Å². The lowest BCUT2D eigenvalue weighted by Crippen LogP contribution is -2.29. The molecule has 0 unspecified atom stereocenters. The molecule has 0 amide bonds. The van der Waals surface area contributed by atoms with Gasteiger partial charge in [-0.15, -0.1) is 0 Å². The molecule has 8 heteroatoms. The van der Waals surface area contributed by atoms with Crippen molar-refractivity contribution in [3.63, 3.8) is 0 Å². The van der Waals surface area contributed by atoms with E-state index in [1.807, 2.05) is 0 Å². The number of nitrogens with two attached hydrogens (primary N) is 1. The summed E-state index contributed by atoms with van der Waals surface area (Å²) in [4.78, 5) is 7.61. The predicted octanol–water partition coefficient (Wildman–Crippen LogP) is -0.590. The van der Waals surface area contributed by atoms with Gasteiger partial charge in [-0.1, -0.05) is 6.92 Å². The molecule has 0 atom stereocenters. The Morgan fingerprint density at radius 2 is 2.19 bits per heavy atom. The Morgan fingerprint density at radius 1 is 1.44 bits per heavy atom. The minimum Gasteiger partial charge on any atom is -0.384 e. The number of nitrogens with one attached hydrogen (secondary N) is 2. The number of nitrogen functional groups attached to an aromatic ring is 1. The Kier molecular flexibility index (Phi) is 4.44. The number of nitrogens with zero attached hydrogens (tertiary/aromatic N) is 2. The Morgan fingerprint density at radius 3 is 2.81 bits per heavy atom. The maximum atomic E-state index is 11.3. The summed E-state index contributed by atoms with van der Waals surface area (Å²) in [5.41, 5.74) is 5.44. The molecule has 0 aliphatic rings. The largest absolute Gasteiger partial charge is 0.384 e. The Bertz CT molecular complexity index is 434. The van der Waals surface area contributed by atoms with Crippen molar-refractivity contribution in [2.75, 3.05) is 29.9 Å². The summed E-state index contributed by atoms with van der Waals surface area (Å²) in [6.07, 6.45) is 1.32. The monoisotopic (exact) mass is 245 g/mol. The molecule has 7 nitrogen and oxygen atoms in total. The van der Waals surface area contributed by atoms with Crippen LogP contribution in [0.5, 0.6) is 0 Å². The van der Waals surface area contributed by atoms with E-state index in [2.05, 4.69) is 20.0 Å². The van der Waals surface area contributed by atoms with Crippen molar-refractivity contribution in [3.05, 3.63) is 12.4 Å². The highest BCUT2D eigenvalue weighted by Gasteiger charge is 2.07. The van der Waals surface area contributed by atoms with E-state index < -0.39 is 10.0 Å². The highest BCUT2D eigenvalue weighted by Crippen LogP contribution is 2.03. The fourth-order valence-corrected chi connectivity index (χ4v) is 2.03. The van der Waals surface area contributed by atoms with Crippen LogP contribution in [-0.4, -0.2) is 37.2 Å². The SMILES string of the molecule is CCNS(=O)(=O)CCNc1cc(N)ncn1. The van der Waals surface area contributed by atoms with E-state index >= 15 is 0 Å². The van der Waals surface area contributed by atoms with Crippen LogP contribution in [0.3, 0.4) is 0 Å². The minimum atomic E-state index is -3.20. The molecule has 0 aliphatic heterocycles. The summed E-state index contributed by atoms with van der Waals surface area (Å²) >= 11 is 0. The first-order valence-corrected chi connectivity index (χ1v) is 6.47. The molecule has 0 radical (unpaired) electrons. The summed E-state index contributed by atoms with van der Waals surface area (Å²) in [5, 5.41) is 2.85. The average molecular weight is 245 g/mol. The van der Waals surface area contributed by atoms with Gasteiger partial charge in [0.25, 0.3) is 0 Å². The number of anilines is 2. The normalized spacial score (nSPS) is 11.3. The molecule has 16 heavy (non-hydrogen) atoms. The third-order valence-electron chi connectivity index (χ3n) is 1.73. The van der Waals surface area contributed by atoms with Gasteiger partial charge in [-0.2, -0.15) is 0 Å². The fraction of sp³-hybridized carbons (Fsp3) is 0.500. The summed E-state index contributed by atoms with van der Waals surface area (Å²) in [6.45, 7) is 2.39. The number of hydrogen-bond donors (Lipinski definition) is 3. The van der Waals surface area contributed by atoms with Crippen LogP contribution in [0.25, 0.3) is 0 Å². The van der Waals surface area contributed by atoms with Crippen LogP contribution in [0.1, 0.15) is 6.92 Å². The van der Waals surface area contributed by atoms with Gasteiger partial charge in [0.15, 0.2) is 0 Å². The van der Waals surface area contributed by atoms with Crippen molar-refractivity contribution in [2.45, 2.75) is 6.92 Å². The van der Waals surface area contributed by atoms with E-state index in [-0.39, 0.29) is 12.3 Å². The van der Waals surface area contributed by atoms with Gasteiger partial charge in [-0.05, 0) is 0 Å². The predicted molar refractivity (Wildman–Crippen MR) is 62.4 cm³/mol. The second kappa shape index (κ2) is 5.61. The molecule has 90 valence electrons. The van der Waals surface area contributed by atoms with Crippen molar-refractivity contribution >= 4 is 21.7 Å². The number of rotatable bonds is 6. The third-order valence-corrected chi connectivity index (χ3v) is 3.20. The van der Waals surface area contributed by atoms with Crippen LogP contribution in [-0.2, 0) is 10.0 Å². The molecule has 0 aliphatic carbocycles. The fourth-order valence-electron chi connectivity index (χ4n) is 1.07. The highest BCUT2D eigenvalue weighted by atomic mass is 32.2. The molecule has 1 aromatic rings. The molecular formula is C8H15N5O2S. The number of sulfonamides is 1. The van der Waals surface area contributed by atoms with Crippen LogP contribution in [0, 0.1) is 0 Å². The smallest absolute Gasteiger partial charge is 0.213 e. The molecule has 1 aromatic heterocycles. The van der Waals surface area contributed by atoms with Gasteiger partial charge < -0.3 is 11.1 Å². The zero-order chi connectivity index (χ0) is 12.0. The first-order valence-electron chi connectivity index (χ1n) is 4.82. The van der Waals surface area contributed by atoms with E-state index in [1.54, 1.807) is 13.0 Å². The zero-order valence-electron chi connectivity index (χ0n) is 8.97. The molecule has 1 rings (SSSR count). The maximum Gasteiger partial charge on any atom is 0.213 e. The molecule has 0 saturated carbocycles. The molecule has 0 aromatic carbocycles. The van der Waals surface area contributed by atoms with Crippen molar-refractivity contribution < 1.29 is 8.42 Å². The molecule has 1 heterocycles. The van der Waals surface area contributed by atoms with E-state index in [9.17, 15) is 8.42 Å². The van der Waals surface area contributed by atoms with Gasteiger partial charge in [-0.25, -0.2) is 23.1 Å². The number of aromatic nitrogens is 2. The standard InChI is InChI=1S/C8H15N5O2S/c1-2-13-16(14,15)4-3-10-8-5-7(9)11-6-12-8/h5-6,13H,2-4H2,1H3,(H3,9,10,11,12). The van der Waals surface area contributed by atoms with Gasteiger partial charge in [0, 0.05) is 19.2 Å². The second-order valence-electron chi connectivity index (χ2n) is 3.07. The third kappa shape index (κ3) is 4.41. The Labute approximate surface area is 94.5 Å². The van der Waals surface area contributed by atoms with Gasteiger partial charge >= 0.3 is 0 Å². The molecule has 0 saturated heterocycles. The quantitative estimate of drug-likeness (QED) is 0.618. The van der Waals surface area contributed by atoms with Crippen LogP contribution in [0.4, 0.5) is 11.6 Å². The second-order valence-corrected chi connectivity index (χ2v) is 5.00. The molecular weight excluding hydrogens is 230 g/mol. The van der Waals surface area contributed by atoms with Crippen molar-refractivity contribution in [1.82, 2.24) is 14.7 Å². The Balaban J connectivity index is 2.42. The van der Waals surface area contributed by atoms with Crippen LogP contribution < -0.4 is 15.8 Å².